The molecule has 79 heavy (non-hydrogen) atoms. The smallest absolute Gasteiger partial charge is 0.407 e. The molecule has 1 aromatic heterocycles. The van der Waals surface area contributed by atoms with Crippen LogP contribution in [0.5, 0.6) is 11.5 Å². The Bertz CT molecular complexity index is 2980. The van der Waals surface area contributed by atoms with Crippen LogP contribution in [0.25, 0.3) is 11.1 Å². The number of aromatic nitrogens is 1. The number of amides is 2. The zero-order valence-electron chi connectivity index (χ0n) is 43.9. The summed E-state index contributed by atoms with van der Waals surface area (Å²) in [5.41, 5.74) is 5.62. The average molecular weight is 1100 g/mol. The lowest BCUT2D eigenvalue weighted by Gasteiger charge is -2.43. The van der Waals surface area contributed by atoms with Gasteiger partial charge in [-0.1, -0.05) is 66.6 Å². The highest BCUT2D eigenvalue weighted by Gasteiger charge is 2.56. The zero-order valence-corrected chi connectivity index (χ0v) is 44.7. The van der Waals surface area contributed by atoms with Crippen molar-refractivity contribution in [3.05, 3.63) is 137 Å². The summed E-state index contributed by atoms with van der Waals surface area (Å²) in [6.07, 6.45) is -0.274. The van der Waals surface area contributed by atoms with Gasteiger partial charge in [0.2, 0.25) is 24.3 Å². The second-order valence-electron chi connectivity index (χ2n) is 18.2. The number of carbonyl (C=O) groups excluding carboxylic acids is 6. The molecule has 22 heteroatoms. The molecule has 1 aliphatic heterocycles. The number of ether oxygens (including phenoxy) is 8. The highest BCUT2D eigenvalue weighted by molar-refractivity contribution is 6.30. The molecular weight excluding hydrogens is 1040 g/mol. The predicted molar refractivity (Wildman–Crippen MR) is 287 cm³/mol. The average Bonchev–Trinajstić information content (AvgIpc) is 4.05. The second kappa shape index (κ2) is 28.6. The van der Waals surface area contributed by atoms with Crippen molar-refractivity contribution in [3.8, 4) is 28.8 Å². The number of nitrogens with zero attached hydrogens (tertiary/aromatic N) is 3. The fourth-order valence-electron chi connectivity index (χ4n) is 8.95. The molecule has 1 aliphatic carbocycles. The van der Waals surface area contributed by atoms with Crippen molar-refractivity contribution >= 4 is 64.8 Å². The minimum absolute atomic E-state index is 0.0515. The Kier molecular flexibility index (Phi) is 21.0. The molecule has 5 aromatic rings. The molecule has 0 unspecified atom stereocenters. The van der Waals surface area contributed by atoms with Gasteiger partial charge in [-0.05, 0) is 84.0 Å². The van der Waals surface area contributed by atoms with Gasteiger partial charge < -0.3 is 53.8 Å². The molecule has 0 radical (unpaired) electrons. The van der Waals surface area contributed by atoms with Gasteiger partial charge in [0.05, 0.1) is 25.1 Å². The Balaban J connectivity index is 1.03. The number of carbonyl (C=O) groups is 6. The maximum Gasteiger partial charge on any atom is 0.407 e. The number of hydrogen-bond acceptors (Lipinski definition) is 16. The normalized spacial score (nSPS) is 17.3. The van der Waals surface area contributed by atoms with Gasteiger partial charge in [0.15, 0.2) is 43.4 Å². The van der Waals surface area contributed by atoms with E-state index in [0.717, 1.165) is 81.6 Å². The number of hydrogen-bond donors (Lipinski definition) is 4. The molecule has 7 rings (SSSR count). The molecular formula is C57H61ClN7O14+. The van der Waals surface area contributed by atoms with Crippen LogP contribution in [-0.2, 0) is 58.9 Å². The number of pyridine rings is 1. The molecule has 2 heterocycles. The number of rotatable bonds is 23. The van der Waals surface area contributed by atoms with E-state index < -0.39 is 66.6 Å². The molecule has 0 spiro atoms. The van der Waals surface area contributed by atoms with Crippen molar-refractivity contribution in [3.63, 3.8) is 0 Å². The van der Waals surface area contributed by atoms with Gasteiger partial charge in [0.1, 0.15) is 18.1 Å². The van der Waals surface area contributed by atoms with E-state index in [1.54, 1.807) is 48.8 Å². The van der Waals surface area contributed by atoms with Gasteiger partial charge in [-0.15, -0.1) is 0 Å². The molecule has 5 atom stereocenters. The van der Waals surface area contributed by atoms with Crippen LogP contribution >= 0.6 is 11.6 Å². The van der Waals surface area contributed by atoms with Gasteiger partial charge in [0, 0.05) is 68.9 Å². The topological polar surface area (TPSA) is 264 Å². The Morgan fingerprint density at radius 3 is 2.06 bits per heavy atom. The summed E-state index contributed by atoms with van der Waals surface area (Å²) < 4.78 is 47.0. The molecule has 414 valence electrons. The van der Waals surface area contributed by atoms with Crippen LogP contribution in [0, 0.1) is 11.5 Å². The molecule has 0 bridgehead atoms. The number of benzene rings is 4. The maximum atomic E-state index is 13.7. The number of methoxy groups -OCH3 is 1. The number of esters is 4. The molecule has 0 saturated carbocycles. The second-order valence-corrected chi connectivity index (χ2v) is 18.7. The first-order valence-electron chi connectivity index (χ1n) is 25.5. The van der Waals surface area contributed by atoms with E-state index in [4.69, 9.17) is 49.5 Å². The van der Waals surface area contributed by atoms with Crippen LogP contribution in [0.1, 0.15) is 75.5 Å². The number of anilines is 2. The lowest BCUT2D eigenvalue weighted by Crippen LogP contribution is -2.64. The van der Waals surface area contributed by atoms with E-state index in [1.807, 2.05) is 71.4 Å². The number of guanidine groups is 1. The molecule has 2 aliphatic rings. The van der Waals surface area contributed by atoms with Crippen molar-refractivity contribution in [2.75, 3.05) is 44.0 Å². The number of halogens is 1. The molecule has 4 N–H and O–H groups in total. The quantitative estimate of drug-likeness (QED) is 0.00743. The molecule has 1 saturated heterocycles. The van der Waals surface area contributed by atoms with E-state index in [0.29, 0.717) is 29.4 Å². The molecule has 21 nitrogen and oxygen atoms in total. The van der Waals surface area contributed by atoms with Crippen LogP contribution in [-0.4, -0.2) is 106 Å². The van der Waals surface area contributed by atoms with Gasteiger partial charge in [0.25, 0.3) is 0 Å². The summed E-state index contributed by atoms with van der Waals surface area (Å²) in [5.74, 6) is -3.38. The minimum Gasteiger partial charge on any atom is -0.494 e. The van der Waals surface area contributed by atoms with Crippen molar-refractivity contribution in [1.29, 1.82) is 5.26 Å². The lowest BCUT2D eigenvalue weighted by molar-refractivity contribution is -0.688. The Morgan fingerprint density at radius 2 is 1.41 bits per heavy atom. The number of alkyl carbamates (subject to hydrolysis) is 1. The van der Waals surface area contributed by atoms with Crippen LogP contribution in [0.2, 0.25) is 5.02 Å². The van der Waals surface area contributed by atoms with Crippen LogP contribution in [0.15, 0.2) is 121 Å². The summed E-state index contributed by atoms with van der Waals surface area (Å²) in [6.45, 7) is 4.49. The third-order valence-corrected chi connectivity index (χ3v) is 12.7. The molecule has 4 aromatic carbocycles. The van der Waals surface area contributed by atoms with Crippen molar-refractivity contribution < 1.29 is 71.2 Å². The first-order chi connectivity index (χ1) is 38.2. The lowest BCUT2D eigenvalue weighted by atomic mass is 9.97. The van der Waals surface area contributed by atoms with Crippen LogP contribution in [0.3, 0.4) is 0 Å². The standard InChI is InChI=1S/C57H60ClN7O14/c1-35(66)75-50-51(76-36(2)67)53(77-37(3)68)55(79-52(50)54(70)72-4)78-48-22-17-38(31-47(48)64-49(69)23-27-61-57(71)74-33-46-44-15-9-7-13-42(44)43-14-8-10-16-45(43)46)32-65-28-24-40(25-29-65)63-56(62-34-59)60-26-11-5-6-12-30-73-41-20-18-39(58)19-21-41/h7-10,13-22,24-25,28-29,31,46,50-53,55H,5-6,11-12,23,26-27,30,32-33H2,1-4H3,(H3,60,61,62,64,69,71)/p+1/t50-,51-,52-,53+,55+/m0/s1. The van der Waals surface area contributed by atoms with E-state index in [1.165, 1.54) is 6.07 Å². The third kappa shape index (κ3) is 16.6. The first-order valence-corrected chi connectivity index (χ1v) is 25.8. The van der Waals surface area contributed by atoms with E-state index in [9.17, 15) is 34.0 Å². The van der Waals surface area contributed by atoms with Gasteiger partial charge in [-0.3, -0.25) is 29.5 Å². The Labute approximate surface area is 461 Å². The predicted octanol–water partition coefficient (Wildman–Crippen LogP) is 7.09. The van der Waals surface area contributed by atoms with Crippen LogP contribution < -0.4 is 35.3 Å². The number of nitriles is 1. The molecule has 2 amide bonds. The number of fused-ring (bicyclic) bond motifs is 3. The summed E-state index contributed by atoms with van der Waals surface area (Å²) in [4.78, 5) is 81.7. The SMILES string of the molecule is COC(=O)[C@H]1O[C@@H](Oc2ccc(C[n+]3ccc(NC(=NCCCCCCOc4ccc(Cl)cc4)NC#N)cc3)cc2NC(=O)CCNC(=O)OCC2c3ccccc3-c3ccccc32)[C@H](OC(C)=O)[C@@H](OC(C)=O)[C@@H]1OC(C)=O. The van der Waals surface area contributed by atoms with Gasteiger partial charge >= 0.3 is 30.0 Å². The highest BCUT2D eigenvalue weighted by Crippen LogP contribution is 2.44. The minimum atomic E-state index is -1.74. The Hall–Kier alpha value is -8.74. The van der Waals surface area contributed by atoms with Gasteiger partial charge in [-0.2, -0.15) is 5.26 Å². The van der Waals surface area contributed by atoms with E-state index in [2.05, 4.69) is 26.3 Å². The third-order valence-electron chi connectivity index (χ3n) is 12.5. The maximum absolute atomic E-state index is 13.7. The number of nitrogens with one attached hydrogen (secondary N) is 4. The summed E-state index contributed by atoms with van der Waals surface area (Å²) in [7, 11) is 1.06. The molecule has 1 fully saturated rings. The van der Waals surface area contributed by atoms with E-state index in [-0.39, 0.29) is 49.4 Å². The van der Waals surface area contributed by atoms with Crippen molar-refractivity contribution in [2.24, 2.45) is 4.99 Å². The van der Waals surface area contributed by atoms with Crippen molar-refractivity contribution in [1.82, 2.24) is 10.6 Å². The summed E-state index contributed by atoms with van der Waals surface area (Å²) >= 11 is 5.94. The fourth-order valence-corrected chi connectivity index (χ4v) is 9.08. The Morgan fingerprint density at radius 1 is 0.759 bits per heavy atom. The van der Waals surface area contributed by atoms with E-state index >= 15 is 0 Å². The van der Waals surface area contributed by atoms with Gasteiger partial charge in [-0.25, -0.2) is 14.2 Å². The summed E-state index contributed by atoms with van der Waals surface area (Å²) in [5, 5.41) is 21.3. The monoisotopic (exact) mass is 1100 g/mol. The first kappa shape index (κ1) is 58.0. The highest BCUT2D eigenvalue weighted by atomic mass is 35.5. The number of unbranched alkanes of at least 4 members (excludes halogenated alkanes) is 3. The number of aliphatic imine (C=N–C) groups is 1. The van der Waals surface area contributed by atoms with Crippen molar-refractivity contribution in [2.45, 2.75) is 96.0 Å². The fraction of sp³-hybridized carbons (Fsp3) is 0.351. The zero-order chi connectivity index (χ0) is 56.3. The van der Waals surface area contributed by atoms with Crippen LogP contribution in [0.4, 0.5) is 16.2 Å². The largest absolute Gasteiger partial charge is 0.494 e. The summed E-state index contributed by atoms with van der Waals surface area (Å²) in [6, 6.07) is 31.5.